The summed E-state index contributed by atoms with van der Waals surface area (Å²) in [5, 5.41) is 1.97. The van der Waals surface area contributed by atoms with Crippen LogP contribution >= 0.6 is 11.3 Å². The van der Waals surface area contributed by atoms with E-state index in [1.807, 2.05) is 19.4 Å². The molecule has 2 rings (SSSR count). The molecule has 1 amide bonds. The molecule has 4 nitrogen and oxygen atoms in total. The van der Waals surface area contributed by atoms with Gasteiger partial charge in [0.2, 0.25) is 0 Å². The molecule has 0 N–H and O–H groups in total. The Labute approximate surface area is 106 Å². The summed E-state index contributed by atoms with van der Waals surface area (Å²) >= 11 is 1.55. The van der Waals surface area contributed by atoms with E-state index < -0.39 is 5.60 Å². The van der Waals surface area contributed by atoms with Crippen molar-refractivity contribution in [2.45, 2.75) is 38.3 Å². The number of aromatic nitrogens is 1. The van der Waals surface area contributed by atoms with Gasteiger partial charge in [-0.2, -0.15) is 0 Å². The minimum Gasteiger partial charge on any atom is -0.365 e. The van der Waals surface area contributed by atoms with Crippen molar-refractivity contribution < 1.29 is 9.53 Å². The lowest BCUT2D eigenvalue weighted by Gasteiger charge is -2.35. The van der Waals surface area contributed by atoms with Crippen molar-refractivity contribution in [2.24, 2.45) is 0 Å². The zero-order valence-corrected chi connectivity index (χ0v) is 11.1. The third-order valence-electron chi connectivity index (χ3n) is 3.15. The molecule has 1 unspecified atom stereocenters. The number of likely N-dealkylation sites (N-methyl/N-ethyl adjacent to an activating group) is 1. The average molecular weight is 254 g/mol. The van der Waals surface area contributed by atoms with Crippen LogP contribution in [0.1, 0.15) is 31.9 Å². The first-order chi connectivity index (χ1) is 8.12. The Morgan fingerprint density at radius 3 is 3.06 bits per heavy atom. The van der Waals surface area contributed by atoms with Crippen molar-refractivity contribution in [3.05, 3.63) is 16.6 Å². The second kappa shape index (κ2) is 5.14. The molecule has 1 atom stereocenters. The SMILES string of the molecule is CN(Cc1cscn1)C(=O)C1(C)CCCCO1. The molecule has 0 saturated carbocycles. The second-order valence-corrected chi connectivity index (χ2v) is 5.40. The molecular weight excluding hydrogens is 236 g/mol. The number of amides is 1. The van der Waals surface area contributed by atoms with Crippen LogP contribution in [0.2, 0.25) is 0 Å². The molecule has 1 aromatic rings. The minimum atomic E-state index is -0.636. The normalized spacial score (nSPS) is 24.6. The van der Waals surface area contributed by atoms with E-state index in [0.29, 0.717) is 13.2 Å². The van der Waals surface area contributed by atoms with Crippen LogP contribution in [0.25, 0.3) is 0 Å². The van der Waals surface area contributed by atoms with Gasteiger partial charge >= 0.3 is 0 Å². The lowest BCUT2D eigenvalue weighted by atomic mass is 9.94. The van der Waals surface area contributed by atoms with Gasteiger partial charge in [0.05, 0.1) is 17.7 Å². The van der Waals surface area contributed by atoms with E-state index in [2.05, 4.69) is 4.98 Å². The Hall–Kier alpha value is -0.940. The standard InChI is InChI=1S/C12H18N2O2S/c1-12(5-3-4-6-16-12)11(15)14(2)7-10-8-17-9-13-10/h8-9H,3-7H2,1-2H3. The number of ether oxygens (including phenoxy) is 1. The third kappa shape index (κ3) is 2.84. The molecular formula is C12H18N2O2S. The fraction of sp³-hybridized carbons (Fsp3) is 0.667. The highest BCUT2D eigenvalue weighted by atomic mass is 32.1. The van der Waals surface area contributed by atoms with Crippen molar-refractivity contribution >= 4 is 17.2 Å². The number of carbonyl (C=O) groups is 1. The smallest absolute Gasteiger partial charge is 0.254 e. The fourth-order valence-corrected chi connectivity index (χ4v) is 2.69. The monoisotopic (exact) mass is 254 g/mol. The van der Waals surface area contributed by atoms with Crippen LogP contribution in [-0.4, -0.2) is 35.0 Å². The van der Waals surface area contributed by atoms with Crippen LogP contribution in [0.3, 0.4) is 0 Å². The summed E-state index contributed by atoms with van der Waals surface area (Å²) in [5.74, 6) is 0.0604. The lowest BCUT2D eigenvalue weighted by Crippen LogP contribution is -2.48. The van der Waals surface area contributed by atoms with Gasteiger partial charge in [-0.3, -0.25) is 4.79 Å². The molecule has 94 valence electrons. The van der Waals surface area contributed by atoms with Crippen molar-refractivity contribution in [1.29, 1.82) is 0 Å². The summed E-state index contributed by atoms with van der Waals surface area (Å²) in [6.07, 6.45) is 2.93. The molecule has 0 aliphatic carbocycles. The highest BCUT2D eigenvalue weighted by Gasteiger charge is 2.38. The minimum absolute atomic E-state index is 0.0604. The van der Waals surface area contributed by atoms with Crippen molar-refractivity contribution in [1.82, 2.24) is 9.88 Å². The quantitative estimate of drug-likeness (QED) is 0.829. The molecule has 0 spiro atoms. The van der Waals surface area contributed by atoms with Gasteiger partial charge in [0.1, 0.15) is 5.60 Å². The van der Waals surface area contributed by atoms with Gasteiger partial charge in [-0.15, -0.1) is 11.3 Å². The number of carbonyl (C=O) groups excluding carboxylic acids is 1. The number of thiazole rings is 1. The van der Waals surface area contributed by atoms with Gasteiger partial charge in [-0.25, -0.2) is 4.98 Å². The molecule has 1 aliphatic rings. The van der Waals surface area contributed by atoms with E-state index >= 15 is 0 Å². The molecule has 1 saturated heterocycles. The molecule has 5 heteroatoms. The summed E-state index contributed by atoms with van der Waals surface area (Å²) < 4.78 is 5.66. The van der Waals surface area contributed by atoms with Gasteiger partial charge in [-0.05, 0) is 26.2 Å². The molecule has 17 heavy (non-hydrogen) atoms. The highest BCUT2D eigenvalue weighted by molar-refractivity contribution is 7.07. The zero-order valence-electron chi connectivity index (χ0n) is 10.3. The Balaban J connectivity index is 1.98. The van der Waals surface area contributed by atoms with Gasteiger partial charge in [-0.1, -0.05) is 0 Å². The van der Waals surface area contributed by atoms with Crippen LogP contribution in [0.4, 0.5) is 0 Å². The number of hydrogen-bond acceptors (Lipinski definition) is 4. The molecule has 1 aliphatic heterocycles. The van der Waals surface area contributed by atoms with Crippen LogP contribution in [0.15, 0.2) is 10.9 Å². The van der Waals surface area contributed by atoms with Crippen molar-refractivity contribution in [3.8, 4) is 0 Å². The predicted molar refractivity (Wildman–Crippen MR) is 66.8 cm³/mol. The van der Waals surface area contributed by atoms with E-state index in [4.69, 9.17) is 4.74 Å². The van der Waals surface area contributed by atoms with Gasteiger partial charge in [0.25, 0.3) is 5.91 Å². The molecule has 1 aromatic heterocycles. The Bertz CT molecular complexity index is 372. The summed E-state index contributed by atoms with van der Waals surface area (Å²) in [5.41, 5.74) is 2.08. The van der Waals surface area contributed by atoms with Crippen LogP contribution < -0.4 is 0 Å². The van der Waals surface area contributed by atoms with Crippen LogP contribution in [0.5, 0.6) is 0 Å². The predicted octanol–water partition coefficient (Wildman–Crippen LogP) is 2.06. The maximum Gasteiger partial charge on any atom is 0.254 e. The fourth-order valence-electron chi connectivity index (χ4n) is 2.14. The number of hydrogen-bond donors (Lipinski definition) is 0. The first-order valence-electron chi connectivity index (χ1n) is 5.88. The zero-order chi connectivity index (χ0) is 12.3. The summed E-state index contributed by atoms with van der Waals surface area (Å²) in [6, 6.07) is 0. The molecule has 1 fully saturated rings. The van der Waals surface area contributed by atoms with E-state index in [1.165, 1.54) is 0 Å². The van der Waals surface area contributed by atoms with E-state index in [-0.39, 0.29) is 5.91 Å². The summed E-state index contributed by atoms with van der Waals surface area (Å²) in [4.78, 5) is 18.2. The first kappa shape index (κ1) is 12.5. The van der Waals surface area contributed by atoms with Gasteiger partial charge in [0.15, 0.2) is 0 Å². The van der Waals surface area contributed by atoms with E-state index in [0.717, 1.165) is 25.0 Å². The van der Waals surface area contributed by atoms with E-state index in [9.17, 15) is 4.79 Å². The van der Waals surface area contributed by atoms with Crippen molar-refractivity contribution in [3.63, 3.8) is 0 Å². The largest absolute Gasteiger partial charge is 0.365 e. The lowest BCUT2D eigenvalue weighted by molar-refractivity contribution is -0.161. The number of nitrogens with zero attached hydrogens (tertiary/aromatic N) is 2. The maximum atomic E-state index is 12.3. The number of rotatable bonds is 3. The first-order valence-corrected chi connectivity index (χ1v) is 6.83. The molecule has 0 bridgehead atoms. The van der Waals surface area contributed by atoms with Gasteiger partial charge in [0, 0.05) is 19.0 Å². The Morgan fingerprint density at radius 1 is 1.65 bits per heavy atom. The molecule has 0 aromatic carbocycles. The topological polar surface area (TPSA) is 42.4 Å². The van der Waals surface area contributed by atoms with Crippen molar-refractivity contribution in [2.75, 3.05) is 13.7 Å². The third-order valence-corrected chi connectivity index (χ3v) is 3.79. The molecule has 2 heterocycles. The Morgan fingerprint density at radius 2 is 2.47 bits per heavy atom. The summed E-state index contributed by atoms with van der Waals surface area (Å²) in [7, 11) is 1.81. The molecule has 0 radical (unpaired) electrons. The van der Waals surface area contributed by atoms with Gasteiger partial charge < -0.3 is 9.64 Å². The average Bonchev–Trinajstić information content (AvgIpc) is 2.81. The van der Waals surface area contributed by atoms with Crippen LogP contribution in [-0.2, 0) is 16.1 Å². The maximum absolute atomic E-state index is 12.3. The Kier molecular flexibility index (Phi) is 3.79. The van der Waals surface area contributed by atoms with E-state index in [1.54, 1.807) is 21.7 Å². The summed E-state index contributed by atoms with van der Waals surface area (Å²) in [6.45, 7) is 3.14. The highest BCUT2D eigenvalue weighted by Crippen LogP contribution is 2.26. The van der Waals surface area contributed by atoms with Crippen LogP contribution in [0, 0.1) is 0 Å². The second-order valence-electron chi connectivity index (χ2n) is 4.68.